The van der Waals surface area contributed by atoms with Crippen molar-refractivity contribution in [2.75, 3.05) is 37.6 Å². The Kier molecular flexibility index (Phi) is 6.13. The number of anilines is 1. The van der Waals surface area contributed by atoms with Crippen molar-refractivity contribution in [3.8, 4) is 0 Å². The van der Waals surface area contributed by atoms with Crippen molar-refractivity contribution in [2.24, 2.45) is 0 Å². The van der Waals surface area contributed by atoms with Crippen LogP contribution in [-0.4, -0.2) is 60.5 Å². The van der Waals surface area contributed by atoms with Crippen LogP contribution in [0.25, 0.3) is 0 Å². The van der Waals surface area contributed by atoms with Crippen molar-refractivity contribution >= 4 is 29.2 Å². The van der Waals surface area contributed by atoms with E-state index in [1.54, 1.807) is 0 Å². The second-order valence-electron chi connectivity index (χ2n) is 7.94. The van der Waals surface area contributed by atoms with Gasteiger partial charge in [0, 0.05) is 49.9 Å². The van der Waals surface area contributed by atoms with Gasteiger partial charge in [-0.05, 0) is 30.7 Å². The van der Waals surface area contributed by atoms with Gasteiger partial charge in [0.15, 0.2) is 0 Å². The van der Waals surface area contributed by atoms with Crippen LogP contribution in [0.5, 0.6) is 0 Å². The van der Waals surface area contributed by atoms with Crippen LogP contribution in [0.2, 0.25) is 5.02 Å². The van der Waals surface area contributed by atoms with E-state index in [1.165, 1.54) is 0 Å². The summed E-state index contributed by atoms with van der Waals surface area (Å²) < 4.78 is 0. The zero-order valence-electron chi connectivity index (χ0n) is 17.1. The maximum atomic E-state index is 12.7. The second-order valence-corrected chi connectivity index (χ2v) is 8.37. The Morgan fingerprint density at radius 1 is 1.07 bits per heavy atom. The van der Waals surface area contributed by atoms with Gasteiger partial charge in [-0.1, -0.05) is 48.0 Å². The molecule has 2 fully saturated rings. The molecule has 0 bridgehead atoms. The van der Waals surface area contributed by atoms with Crippen molar-refractivity contribution in [1.82, 2.24) is 15.1 Å². The average molecular weight is 427 g/mol. The Morgan fingerprint density at radius 2 is 1.80 bits per heavy atom. The summed E-state index contributed by atoms with van der Waals surface area (Å²) in [6.07, 6.45) is 0.353. The molecule has 2 unspecified atom stereocenters. The minimum Gasteiger partial charge on any atom is -0.368 e. The van der Waals surface area contributed by atoms with E-state index in [4.69, 9.17) is 11.6 Å². The van der Waals surface area contributed by atoms with E-state index in [0.29, 0.717) is 31.1 Å². The third-order valence-corrected chi connectivity index (χ3v) is 6.21. The quantitative estimate of drug-likeness (QED) is 0.813. The highest BCUT2D eigenvalue weighted by Gasteiger charge is 2.35. The summed E-state index contributed by atoms with van der Waals surface area (Å²) in [7, 11) is 0. The number of halogens is 1. The number of carbonyl (C=O) groups is 2. The van der Waals surface area contributed by atoms with E-state index < -0.39 is 0 Å². The molecular weight excluding hydrogens is 400 g/mol. The van der Waals surface area contributed by atoms with E-state index in [2.05, 4.69) is 10.2 Å². The smallest absolute Gasteiger partial charge is 0.317 e. The number of amides is 3. The monoisotopic (exact) mass is 426 g/mol. The molecule has 6 nitrogen and oxygen atoms in total. The molecule has 0 aliphatic carbocycles. The molecule has 2 aromatic rings. The molecule has 3 amide bonds. The Morgan fingerprint density at radius 3 is 2.50 bits per heavy atom. The van der Waals surface area contributed by atoms with E-state index >= 15 is 0 Å². The molecule has 0 spiro atoms. The van der Waals surface area contributed by atoms with Crippen LogP contribution in [0.4, 0.5) is 10.5 Å². The molecule has 2 heterocycles. The Hall–Kier alpha value is -2.73. The highest BCUT2D eigenvalue weighted by Crippen LogP contribution is 2.26. The molecule has 2 aromatic carbocycles. The Labute approximate surface area is 182 Å². The topological polar surface area (TPSA) is 55.9 Å². The third kappa shape index (κ3) is 4.54. The number of piperazine rings is 1. The van der Waals surface area contributed by atoms with Gasteiger partial charge in [-0.25, -0.2) is 4.79 Å². The maximum absolute atomic E-state index is 12.7. The minimum absolute atomic E-state index is 0.00171. The summed E-state index contributed by atoms with van der Waals surface area (Å²) in [4.78, 5) is 31.2. The molecule has 0 aromatic heterocycles. The van der Waals surface area contributed by atoms with E-state index in [1.807, 2.05) is 71.3 Å². The normalized spacial score (nSPS) is 20.4. The van der Waals surface area contributed by atoms with Crippen molar-refractivity contribution in [1.29, 1.82) is 0 Å². The lowest BCUT2D eigenvalue weighted by Gasteiger charge is -2.36. The van der Waals surface area contributed by atoms with E-state index in [0.717, 1.165) is 24.3 Å². The lowest BCUT2D eigenvalue weighted by atomic mass is 10.1. The summed E-state index contributed by atoms with van der Waals surface area (Å²) in [5.74, 6) is 0.0856. The first-order valence-corrected chi connectivity index (χ1v) is 10.8. The van der Waals surface area contributed by atoms with Gasteiger partial charge in [0.05, 0.1) is 12.1 Å². The van der Waals surface area contributed by atoms with Crippen LogP contribution >= 0.6 is 11.6 Å². The van der Waals surface area contributed by atoms with Crippen molar-refractivity contribution in [3.05, 3.63) is 65.2 Å². The molecule has 30 heavy (non-hydrogen) atoms. The Balaban J connectivity index is 1.29. The number of likely N-dealkylation sites (tertiary alicyclic amines) is 1. The zero-order valence-corrected chi connectivity index (χ0v) is 17.9. The number of benzene rings is 2. The van der Waals surface area contributed by atoms with Crippen LogP contribution in [0, 0.1) is 0 Å². The predicted octanol–water partition coefficient (Wildman–Crippen LogP) is 3.53. The zero-order chi connectivity index (χ0) is 21.1. The van der Waals surface area contributed by atoms with Crippen LogP contribution < -0.4 is 10.2 Å². The molecule has 2 aliphatic heterocycles. The highest BCUT2D eigenvalue weighted by atomic mass is 35.5. The number of carbonyl (C=O) groups excluding carboxylic acids is 2. The Bertz CT molecular complexity index is 899. The summed E-state index contributed by atoms with van der Waals surface area (Å²) in [6.45, 7) is 5.38. The molecule has 1 N–H and O–H groups in total. The van der Waals surface area contributed by atoms with Crippen molar-refractivity contribution in [2.45, 2.75) is 25.4 Å². The van der Waals surface area contributed by atoms with Crippen LogP contribution in [0.1, 0.15) is 24.9 Å². The van der Waals surface area contributed by atoms with Gasteiger partial charge in [-0.3, -0.25) is 4.79 Å². The number of hydrogen-bond acceptors (Lipinski definition) is 3. The number of hydrogen-bond donors (Lipinski definition) is 1. The van der Waals surface area contributed by atoms with E-state index in [9.17, 15) is 9.59 Å². The first-order valence-electron chi connectivity index (χ1n) is 10.4. The molecule has 158 valence electrons. The first-order chi connectivity index (χ1) is 14.5. The average Bonchev–Trinajstić information content (AvgIpc) is 3.13. The van der Waals surface area contributed by atoms with Gasteiger partial charge in [0.1, 0.15) is 0 Å². The molecule has 2 aliphatic rings. The molecule has 2 saturated heterocycles. The predicted molar refractivity (Wildman–Crippen MR) is 119 cm³/mol. The third-order valence-electron chi connectivity index (χ3n) is 5.98. The summed E-state index contributed by atoms with van der Waals surface area (Å²) in [5.41, 5.74) is 2.18. The molecule has 7 heteroatoms. The first kappa shape index (κ1) is 20.5. The lowest BCUT2D eigenvalue weighted by Crippen LogP contribution is -2.53. The number of urea groups is 1. The van der Waals surface area contributed by atoms with E-state index in [-0.39, 0.29) is 24.0 Å². The number of rotatable bonds is 4. The molecule has 2 atom stereocenters. The second kappa shape index (κ2) is 8.96. The minimum atomic E-state index is -0.151. The van der Waals surface area contributed by atoms with Crippen LogP contribution in [0.3, 0.4) is 0 Å². The van der Waals surface area contributed by atoms with Gasteiger partial charge in [0.25, 0.3) is 0 Å². The fourth-order valence-electron chi connectivity index (χ4n) is 4.22. The molecular formula is C23H27ClN4O2. The molecule has 0 radical (unpaired) electrons. The SMILES string of the molecule is CC(c1ccccc1)N1CC(NC(=O)N2CCN(c3cccc(Cl)c3)CC2)CC1=O. The highest BCUT2D eigenvalue weighted by molar-refractivity contribution is 6.30. The van der Waals surface area contributed by atoms with Gasteiger partial charge in [-0.2, -0.15) is 0 Å². The fourth-order valence-corrected chi connectivity index (χ4v) is 4.41. The van der Waals surface area contributed by atoms with Crippen molar-refractivity contribution < 1.29 is 9.59 Å². The number of nitrogens with zero attached hydrogens (tertiary/aromatic N) is 3. The van der Waals surface area contributed by atoms with Gasteiger partial charge in [0.2, 0.25) is 5.91 Å². The van der Waals surface area contributed by atoms with Gasteiger partial charge in [-0.15, -0.1) is 0 Å². The molecule has 4 rings (SSSR count). The van der Waals surface area contributed by atoms with Crippen LogP contribution in [0.15, 0.2) is 54.6 Å². The standard InChI is InChI=1S/C23H27ClN4O2/c1-17(18-6-3-2-4-7-18)28-16-20(15-22(28)29)25-23(30)27-12-10-26(11-13-27)21-9-5-8-19(24)14-21/h2-9,14,17,20H,10-13,15-16H2,1H3,(H,25,30). The van der Waals surface area contributed by atoms with Gasteiger partial charge < -0.3 is 20.0 Å². The largest absolute Gasteiger partial charge is 0.368 e. The van der Waals surface area contributed by atoms with Gasteiger partial charge >= 0.3 is 6.03 Å². The lowest BCUT2D eigenvalue weighted by molar-refractivity contribution is -0.129. The summed E-state index contributed by atoms with van der Waals surface area (Å²) in [6, 6.07) is 17.5. The van der Waals surface area contributed by atoms with Crippen LogP contribution in [-0.2, 0) is 4.79 Å². The maximum Gasteiger partial charge on any atom is 0.317 e. The fraction of sp³-hybridized carbons (Fsp3) is 0.391. The molecule has 0 saturated carbocycles. The summed E-state index contributed by atoms with van der Waals surface area (Å²) >= 11 is 6.09. The van der Waals surface area contributed by atoms with Crippen molar-refractivity contribution in [3.63, 3.8) is 0 Å². The number of nitrogens with one attached hydrogen (secondary N) is 1. The summed E-state index contributed by atoms with van der Waals surface area (Å²) in [5, 5.41) is 3.78.